The number of hydrogen-bond donors (Lipinski definition) is 1. The molecule has 8 heteroatoms. The Kier molecular flexibility index (Phi) is 1.41. The van der Waals surface area contributed by atoms with E-state index in [2.05, 4.69) is 0 Å². The van der Waals surface area contributed by atoms with Crippen LogP contribution < -0.4 is 0 Å². The normalized spacial score (nSPS) is 29.3. The Labute approximate surface area is 61.5 Å². The van der Waals surface area contributed by atoms with Gasteiger partial charge in [-0.25, -0.2) is 0 Å². The number of alkyl halides is 6. The molecule has 0 bridgehead atoms. The van der Waals surface area contributed by atoms with Crippen LogP contribution in [-0.4, -0.2) is 28.7 Å². The average molecular weight is 193 g/mol. The number of oxime groups is 1. The van der Waals surface area contributed by atoms with Crippen LogP contribution in [0.15, 0.2) is 5.16 Å². The van der Waals surface area contributed by atoms with Crippen LogP contribution in [0, 0.1) is 0 Å². The van der Waals surface area contributed by atoms with Gasteiger partial charge in [-0.1, -0.05) is 5.16 Å². The molecule has 0 aromatic carbocycles. The molecule has 70 valence electrons. The van der Waals surface area contributed by atoms with Crippen molar-refractivity contribution in [2.75, 3.05) is 0 Å². The highest BCUT2D eigenvalue weighted by atomic mass is 19.4. The van der Waals surface area contributed by atoms with E-state index in [9.17, 15) is 26.3 Å². The average Bonchev–Trinajstić information content (AvgIpc) is 1.86. The molecule has 0 radical (unpaired) electrons. The minimum absolute atomic E-state index is 1.43. The highest BCUT2D eigenvalue weighted by molar-refractivity contribution is 6.05. The highest BCUT2D eigenvalue weighted by Crippen LogP contribution is 2.58. The fraction of sp³-hybridized carbons (Fsp3) is 0.750. The molecule has 0 heterocycles. The molecule has 1 saturated carbocycles. The van der Waals surface area contributed by atoms with Crippen LogP contribution >= 0.6 is 0 Å². The predicted molar refractivity (Wildman–Crippen MR) is 24.1 cm³/mol. The minimum Gasteiger partial charge on any atom is -0.411 e. The first kappa shape index (κ1) is 9.14. The van der Waals surface area contributed by atoms with Crippen molar-refractivity contribution in [2.45, 2.75) is 17.8 Å². The molecule has 0 unspecified atom stereocenters. The van der Waals surface area contributed by atoms with Crippen molar-refractivity contribution in [3.05, 3.63) is 0 Å². The van der Waals surface area contributed by atoms with E-state index in [4.69, 9.17) is 5.21 Å². The number of rotatable bonds is 0. The summed E-state index contributed by atoms with van der Waals surface area (Å²) < 4.78 is 71.5. The van der Waals surface area contributed by atoms with Crippen molar-refractivity contribution < 1.29 is 31.5 Å². The third-order valence-corrected chi connectivity index (χ3v) is 1.48. The SMILES string of the molecule is ON=C1C(F)(F)C(F)(F)C1(F)F. The van der Waals surface area contributed by atoms with Gasteiger partial charge in [-0.3, -0.25) is 0 Å². The van der Waals surface area contributed by atoms with Gasteiger partial charge < -0.3 is 5.21 Å². The Bertz CT molecular complexity index is 226. The maximum absolute atomic E-state index is 12.0. The molecule has 0 saturated heterocycles. The molecule has 0 atom stereocenters. The van der Waals surface area contributed by atoms with Gasteiger partial charge in [-0.15, -0.1) is 0 Å². The maximum Gasteiger partial charge on any atom is 0.383 e. The summed E-state index contributed by atoms with van der Waals surface area (Å²) in [5.74, 6) is -15.6. The number of nitrogens with zero attached hydrogens (tertiary/aromatic N) is 1. The molecular formula is C4HF6NO. The third kappa shape index (κ3) is 0.608. The standard InChI is InChI=1S/C4HF6NO/c5-2(6)1(11-12)3(7,8)4(2,9)10/h12H. The van der Waals surface area contributed by atoms with E-state index in [1.54, 1.807) is 0 Å². The molecule has 2 nitrogen and oxygen atoms in total. The molecule has 0 amide bonds. The molecule has 0 aromatic heterocycles. The van der Waals surface area contributed by atoms with Gasteiger partial charge in [0.1, 0.15) is 0 Å². The first-order chi connectivity index (χ1) is 5.19. The summed E-state index contributed by atoms with van der Waals surface area (Å²) in [6, 6.07) is 0. The molecule has 0 spiro atoms. The van der Waals surface area contributed by atoms with Gasteiger partial charge in [0.05, 0.1) is 0 Å². The summed E-state index contributed by atoms with van der Waals surface area (Å²) in [6.45, 7) is 0. The van der Waals surface area contributed by atoms with Crippen molar-refractivity contribution >= 4 is 5.71 Å². The van der Waals surface area contributed by atoms with E-state index in [0.29, 0.717) is 0 Å². The zero-order valence-corrected chi connectivity index (χ0v) is 5.16. The quantitative estimate of drug-likeness (QED) is 0.354. The van der Waals surface area contributed by atoms with E-state index < -0.39 is 23.5 Å². The second-order valence-electron chi connectivity index (χ2n) is 2.17. The molecule has 0 aliphatic heterocycles. The first-order valence-electron chi connectivity index (χ1n) is 2.56. The summed E-state index contributed by atoms with van der Waals surface area (Å²) in [5.41, 5.74) is -2.50. The van der Waals surface area contributed by atoms with Crippen molar-refractivity contribution in [1.82, 2.24) is 0 Å². The van der Waals surface area contributed by atoms with Gasteiger partial charge in [0.15, 0.2) is 0 Å². The summed E-state index contributed by atoms with van der Waals surface area (Å²) in [7, 11) is 0. The van der Waals surface area contributed by atoms with Crippen LogP contribution in [0.5, 0.6) is 0 Å². The largest absolute Gasteiger partial charge is 0.411 e. The van der Waals surface area contributed by atoms with Crippen LogP contribution in [0.25, 0.3) is 0 Å². The summed E-state index contributed by atoms with van der Waals surface area (Å²) in [5, 5.41) is 9.02. The predicted octanol–water partition coefficient (Wildman–Crippen LogP) is 1.74. The Morgan fingerprint density at radius 2 is 1.25 bits per heavy atom. The smallest absolute Gasteiger partial charge is 0.383 e. The van der Waals surface area contributed by atoms with E-state index >= 15 is 0 Å². The van der Waals surface area contributed by atoms with Crippen LogP contribution in [0.1, 0.15) is 0 Å². The van der Waals surface area contributed by atoms with Crippen molar-refractivity contribution in [2.24, 2.45) is 5.16 Å². The van der Waals surface area contributed by atoms with Gasteiger partial charge in [0, 0.05) is 0 Å². The monoisotopic (exact) mass is 193 g/mol. The lowest BCUT2D eigenvalue weighted by atomic mass is 9.82. The summed E-state index contributed by atoms with van der Waals surface area (Å²) in [6.07, 6.45) is 0. The lowest BCUT2D eigenvalue weighted by Crippen LogP contribution is -2.75. The Morgan fingerprint density at radius 3 is 1.42 bits per heavy atom. The number of hydrogen-bond acceptors (Lipinski definition) is 2. The molecule has 1 N–H and O–H groups in total. The third-order valence-electron chi connectivity index (χ3n) is 1.48. The Balaban J connectivity index is 3.15. The van der Waals surface area contributed by atoms with Crippen LogP contribution in [0.3, 0.4) is 0 Å². The second kappa shape index (κ2) is 1.86. The fourth-order valence-corrected chi connectivity index (χ4v) is 0.755. The zero-order valence-electron chi connectivity index (χ0n) is 5.16. The van der Waals surface area contributed by atoms with Gasteiger partial charge in [-0.05, 0) is 0 Å². The van der Waals surface area contributed by atoms with Crippen LogP contribution in [0.2, 0.25) is 0 Å². The van der Waals surface area contributed by atoms with E-state index in [-0.39, 0.29) is 0 Å². The van der Waals surface area contributed by atoms with Crippen LogP contribution in [-0.2, 0) is 0 Å². The summed E-state index contributed by atoms with van der Waals surface area (Å²) >= 11 is 0. The second-order valence-corrected chi connectivity index (χ2v) is 2.17. The molecule has 1 rings (SSSR count). The van der Waals surface area contributed by atoms with E-state index in [1.165, 1.54) is 5.16 Å². The molecular weight excluding hydrogens is 192 g/mol. The molecule has 1 aliphatic rings. The maximum atomic E-state index is 12.0. The number of halogens is 6. The first-order valence-corrected chi connectivity index (χ1v) is 2.56. The Morgan fingerprint density at radius 1 is 0.917 bits per heavy atom. The zero-order chi connectivity index (χ0) is 9.78. The highest BCUT2D eigenvalue weighted by Gasteiger charge is 2.90. The minimum atomic E-state index is -5.47. The van der Waals surface area contributed by atoms with Gasteiger partial charge in [0.2, 0.25) is 5.71 Å². The molecule has 1 aliphatic carbocycles. The lowest BCUT2D eigenvalue weighted by molar-refractivity contribution is -0.306. The van der Waals surface area contributed by atoms with Gasteiger partial charge >= 0.3 is 17.8 Å². The summed E-state index contributed by atoms with van der Waals surface area (Å²) in [4.78, 5) is 0. The van der Waals surface area contributed by atoms with Gasteiger partial charge in [-0.2, -0.15) is 26.3 Å². The van der Waals surface area contributed by atoms with Crippen molar-refractivity contribution in [3.63, 3.8) is 0 Å². The van der Waals surface area contributed by atoms with E-state index in [1.807, 2.05) is 0 Å². The van der Waals surface area contributed by atoms with Crippen molar-refractivity contribution in [3.8, 4) is 0 Å². The molecule has 0 aromatic rings. The fourth-order valence-electron chi connectivity index (χ4n) is 0.755. The Hall–Kier alpha value is -0.950. The molecule has 1 fully saturated rings. The lowest BCUT2D eigenvalue weighted by Gasteiger charge is -2.42. The van der Waals surface area contributed by atoms with Crippen molar-refractivity contribution in [1.29, 1.82) is 0 Å². The topological polar surface area (TPSA) is 32.6 Å². The van der Waals surface area contributed by atoms with Crippen LogP contribution in [0.4, 0.5) is 26.3 Å². The van der Waals surface area contributed by atoms with E-state index in [0.717, 1.165) is 0 Å². The molecule has 12 heavy (non-hydrogen) atoms. The van der Waals surface area contributed by atoms with Gasteiger partial charge in [0.25, 0.3) is 0 Å².